The van der Waals surface area contributed by atoms with E-state index < -0.39 is 6.09 Å². The molecule has 22 heavy (non-hydrogen) atoms. The van der Waals surface area contributed by atoms with Crippen LogP contribution in [-0.4, -0.2) is 53.7 Å². The van der Waals surface area contributed by atoms with Crippen molar-refractivity contribution >= 4 is 34.6 Å². The minimum atomic E-state index is -1.03. The van der Waals surface area contributed by atoms with Crippen LogP contribution in [0.4, 0.5) is 4.79 Å². The summed E-state index contributed by atoms with van der Waals surface area (Å²) >= 11 is 2.15. The number of amides is 2. The van der Waals surface area contributed by atoms with Crippen LogP contribution in [0.3, 0.4) is 0 Å². The molecule has 0 atom stereocenters. The van der Waals surface area contributed by atoms with Crippen LogP contribution in [-0.2, 0) is 4.79 Å². The van der Waals surface area contributed by atoms with E-state index in [-0.39, 0.29) is 12.5 Å². The standard InChI is InChI=1S/C14H18IN3O4/c1-16-12(19)4-2-7-18(14(20)21)8-3-9-22-13-6-5-11(15)10-17-13/h2,4-6,10H,3,7-9H2,1H3,(H,16,19)(H,20,21)/b4-2+. The molecule has 8 heteroatoms. The first kappa shape index (κ1) is 18.2. The van der Waals surface area contributed by atoms with Crippen molar-refractivity contribution in [2.24, 2.45) is 0 Å². The predicted octanol–water partition coefficient (Wildman–Crippen LogP) is 1.74. The number of carbonyl (C=O) groups is 2. The molecule has 0 fully saturated rings. The van der Waals surface area contributed by atoms with Crippen LogP contribution in [0.1, 0.15) is 6.42 Å². The van der Waals surface area contributed by atoms with Crippen molar-refractivity contribution in [3.8, 4) is 5.88 Å². The number of nitrogens with one attached hydrogen (secondary N) is 1. The van der Waals surface area contributed by atoms with E-state index in [2.05, 4.69) is 32.9 Å². The molecular weight excluding hydrogens is 401 g/mol. The van der Waals surface area contributed by atoms with E-state index in [1.807, 2.05) is 6.07 Å². The molecule has 0 aliphatic carbocycles. The number of carbonyl (C=O) groups excluding carboxylic acids is 1. The highest BCUT2D eigenvalue weighted by molar-refractivity contribution is 14.1. The van der Waals surface area contributed by atoms with Gasteiger partial charge in [0.15, 0.2) is 0 Å². The minimum absolute atomic E-state index is 0.157. The number of rotatable bonds is 8. The van der Waals surface area contributed by atoms with E-state index in [0.717, 1.165) is 3.57 Å². The molecule has 1 heterocycles. The molecule has 0 unspecified atom stereocenters. The SMILES string of the molecule is CNC(=O)/C=C/CN(CCCOc1ccc(I)cn1)C(=O)O. The van der Waals surface area contributed by atoms with Gasteiger partial charge < -0.3 is 20.1 Å². The normalized spacial score (nSPS) is 10.5. The Kier molecular flexibility index (Phi) is 8.26. The number of hydrogen-bond donors (Lipinski definition) is 2. The Labute approximate surface area is 142 Å². The van der Waals surface area contributed by atoms with E-state index in [1.165, 1.54) is 24.1 Å². The van der Waals surface area contributed by atoms with Gasteiger partial charge in [-0.05, 0) is 35.1 Å². The van der Waals surface area contributed by atoms with Crippen molar-refractivity contribution < 1.29 is 19.4 Å². The van der Waals surface area contributed by atoms with E-state index in [4.69, 9.17) is 9.84 Å². The number of halogens is 1. The van der Waals surface area contributed by atoms with Crippen molar-refractivity contribution in [3.05, 3.63) is 34.1 Å². The van der Waals surface area contributed by atoms with Crippen LogP contribution in [0.2, 0.25) is 0 Å². The van der Waals surface area contributed by atoms with Crippen molar-refractivity contribution in [1.82, 2.24) is 15.2 Å². The maximum absolute atomic E-state index is 11.1. The molecule has 2 amide bonds. The lowest BCUT2D eigenvalue weighted by atomic mass is 10.3. The Balaban J connectivity index is 2.32. The number of likely N-dealkylation sites (N-methyl/N-ethyl adjacent to an activating group) is 1. The molecule has 0 aliphatic heterocycles. The summed E-state index contributed by atoms with van der Waals surface area (Å²) in [5, 5.41) is 11.5. The van der Waals surface area contributed by atoms with Gasteiger partial charge in [-0.25, -0.2) is 9.78 Å². The summed E-state index contributed by atoms with van der Waals surface area (Å²) in [4.78, 5) is 27.4. The van der Waals surface area contributed by atoms with Crippen LogP contribution < -0.4 is 10.1 Å². The Hall–Kier alpha value is -1.84. The molecule has 0 bridgehead atoms. The summed E-state index contributed by atoms with van der Waals surface area (Å²) in [6, 6.07) is 3.65. The quantitative estimate of drug-likeness (QED) is 0.381. The predicted molar refractivity (Wildman–Crippen MR) is 89.9 cm³/mol. The molecule has 2 N–H and O–H groups in total. The molecular formula is C14H18IN3O4. The number of nitrogens with zero attached hydrogens (tertiary/aromatic N) is 2. The highest BCUT2D eigenvalue weighted by Crippen LogP contribution is 2.09. The topological polar surface area (TPSA) is 91.8 Å². The Morgan fingerprint density at radius 3 is 2.86 bits per heavy atom. The number of aromatic nitrogens is 1. The third-order valence-corrected chi connectivity index (χ3v) is 3.27. The maximum Gasteiger partial charge on any atom is 0.407 e. The van der Waals surface area contributed by atoms with Gasteiger partial charge >= 0.3 is 6.09 Å². The van der Waals surface area contributed by atoms with Gasteiger partial charge in [0.25, 0.3) is 0 Å². The van der Waals surface area contributed by atoms with Gasteiger partial charge in [-0.1, -0.05) is 6.08 Å². The third kappa shape index (κ3) is 7.25. The smallest absolute Gasteiger partial charge is 0.407 e. The van der Waals surface area contributed by atoms with Crippen molar-refractivity contribution in [2.75, 3.05) is 26.7 Å². The lowest BCUT2D eigenvalue weighted by Crippen LogP contribution is -2.31. The number of hydrogen-bond acceptors (Lipinski definition) is 4. The molecule has 0 spiro atoms. The first-order chi connectivity index (χ1) is 10.5. The van der Waals surface area contributed by atoms with E-state index in [0.29, 0.717) is 25.5 Å². The van der Waals surface area contributed by atoms with Crippen LogP contribution >= 0.6 is 22.6 Å². The van der Waals surface area contributed by atoms with Gasteiger partial charge in [0.05, 0.1) is 6.61 Å². The Bertz CT molecular complexity index is 519. The molecule has 1 aromatic rings. The average molecular weight is 419 g/mol. The largest absolute Gasteiger partial charge is 0.478 e. The van der Waals surface area contributed by atoms with Crippen molar-refractivity contribution in [3.63, 3.8) is 0 Å². The monoisotopic (exact) mass is 419 g/mol. The lowest BCUT2D eigenvalue weighted by molar-refractivity contribution is -0.116. The zero-order valence-corrected chi connectivity index (χ0v) is 14.3. The van der Waals surface area contributed by atoms with E-state index in [9.17, 15) is 9.59 Å². The second-order valence-electron chi connectivity index (χ2n) is 4.26. The van der Waals surface area contributed by atoms with Gasteiger partial charge in [-0.2, -0.15) is 0 Å². The van der Waals surface area contributed by atoms with Gasteiger partial charge in [-0.15, -0.1) is 0 Å². The summed E-state index contributed by atoms with van der Waals surface area (Å²) in [6.07, 6.45) is 4.02. The van der Waals surface area contributed by atoms with E-state index >= 15 is 0 Å². The number of carboxylic acid groups (broad SMARTS) is 1. The fraction of sp³-hybridized carbons (Fsp3) is 0.357. The molecule has 120 valence electrons. The second-order valence-corrected chi connectivity index (χ2v) is 5.51. The molecule has 0 aliphatic rings. The summed E-state index contributed by atoms with van der Waals surface area (Å²) in [6.45, 7) is 0.846. The highest BCUT2D eigenvalue weighted by atomic mass is 127. The molecule has 0 aromatic carbocycles. The number of pyridine rings is 1. The Morgan fingerprint density at radius 2 is 2.27 bits per heavy atom. The molecule has 0 saturated carbocycles. The summed E-state index contributed by atoms with van der Waals surface area (Å²) in [5.74, 6) is 0.250. The van der Waals surface area contributed by atoms with Crippen LogP contribution in [0.5, 0.6) is 5.88 Å². The summed E-state index contributed by atoms with van der Waals surface area (Å²) in [5.41, 5.74) is 0. The van der Waals surface area contributed by atoms with Crippen molar-refractivity contribution in [1.29, 1.82) is 0 Å². The van der Waals surface area contributed by atoms with Crippen LogP contribution in [0.25, 0.3) is 0 Å². The third-order valence-electron chi connectivity index (χ3n) is 2.63. The second kappa shape index (κ2) is 9.98. The first-order valence-electron chi connectivity index (χ1n) is 6.63. The zero-order valence-electron chi connectivity index (χ0n) is 12.2. The van der Waals surface area contributed by atoms with Crippen molar-refractivity contribution in [2.45, 2.75) is 6.42 Å². The first-order valence-corrected chi connectivity index (χ1v) is 7.71. The van der Waals surface area contributed by atoms with Gasteiger partial charge in [0.1, 0.15) is 0 Å². The van der Waals surface area contributed by atoms with Gasteiger partial charge in [0.2, 0.25) is 11.8 Å². The Morgan fingerprint density at radius 1 is 1.50 bits per heavy atom. The number of ether oxygens (including phenoxy) is 1. The summed E-state index contributed by atoms with van der Waals surface area (Å²) in [7, 11) is 1.51. The van der Waals surface area contributed by atoms with Crippen LogP contribution in [0.15, 0.2) is 30.5 Å². The maximum atomic E-state index is 11.1. The lowest BCUT2D eigenvalue weighted by Gasteiger charge is -2.17. The van der Waals surface area contributed by atoms with E-state index in [1.54, 1.807) is 12.3 Å². The molecule has 0 radical (unpaired) electrons. The fourth-order valence-corrected chi connectivity index (χ4v) is 1.83. The fourth-order valence-electron chi connectivity index (χ4n) is 1.52. The minimum Gasteiger partial charge on any atom is -0.478 e. The van der Waals surface area contributed by atoms with Gasteiger partial charge in [0, 0.05) is 42.0 Å². The molecule has 1 aromatic heterocycles. The van der Waals surface area contributed by atoms with Gasteiger partial charge in [-0.3, -0.25) is 4.79 Å². The average Bonchev–Trinajstić information content (AvgIpc) is 2.50. The molecule has 0 saturated heterocycles. The molecule has 7 nitrogen and oxygen atoms in total. The van der Waals surface area contributed by atoms with Crippen LogP contribution in [0, 0.1) is 3.57 Å². The zero-order chi connectivity index (χ0) is 16.4. The summed E-state index contributed by atoms with van der Waals surface area (Å²) < 4.78 is 6.45. The highest BCUT2D eigenvalue weighted by Gasteiger charge is 2.09. The molecule has 1 rings (SSSR count).